The van der Waals surface area contributed by atoms with Crippen molar-refractivity contribution >= 4 is 17.2 Å². The lowest BCUT2D eigenvalue weighted by molar-refractivity contribution is -0.120. The Kier molecular flexibility index (Phi) is 7.12. The number of benzene rings is 2. The van der Waals surface area contributed by atoms with Crippen molar-refractivity contribution in [2.24, 2.45) is 0 Å². The van der Waals surface area contributed by atoms with Gasteiger partial charge in [0, 0.05) is 30.1 Å². The minimum Gasteiger partial charge on any atom is -0.381 e. The number of carbonyl (C=O) groups is 1. The second kappa shape index (κ2) is 10.2. The van der Waals surface area contributed by atoms with Crippen LogP contribution in [0.2, 0.25) is 0 Å². The number of thiophene rings is 1. The summed E-state index contributed by atoms with van der Waals surface area (Å²) in [6, 6.07) is 20.6. The van der Waals surface area contributed by atoms with Crippen molar-refractivity contribution in [1.29, 1.82) is 0 Å². The first-order valence-electron chi connectivity index (χ1n) is 10.6. The molecule has 0 radical (unpaired) electrons. The summed E-state index contributed by atoms with van der Waals surface area (Å²) in [5, 5.41) is 8.49. The van der Waals surface area contributed by atoms with E-state index in [1.54, 1.807) is 23.5 Å². The number of carbonyl (C=O) groups excluding carboxylic acids is 1. The minimum absolute atomic E-state index is 0.0505. The molecule has 1 aliphatic heterocycles. The van der Waals surface area contributed by atoms with Crippen LogP contribution in [0, 0.1) is 5.82 Å². The van der Waals surface area contributed by atoms with Crippen LogP contribution >= 0.6 is 11.3 Å². The molecule has 6 heteroatoms. The monoisotopic (exact) mass is 438 g/mol. The Hall–Kier alpha value is -2.54. The van der Waals surface area contributed by atoms with Gasteiger partial charge in [-0.25, -0.2) is 4.39 Å². The van der Waals surface area contributed by atoms with Crippen LogP contribution in [0.1, 0.15) is 34.9 Å². The fourth-order valence-corrected chi connectivity index (χ4v) is 4.97. The van der Waals surface area contributed by atoms with Crippen LogP contribution < -0.4 is 10.6 Å². The smallest absolute Gasteiger partial charge is 0.234 e. The van der Waals surface area contributed by atoms with E-state index in [9.17, 15) is 9.18 Å². The maximum Gasteiger partial charge on any atom is 0.234 e. The Morgan fingerprint density at radius 3 is 2.45 bits per heavy atom. The third-order valence-electron chi connectivity index (χ3n) is 5.96. The minimum atomic E-state index is -0.269. The number of rotatable bonds is 8. The first-order valence-corrected chi connectivity index (χ1v) is 11.5. The predicted molar refractivity (Wildman–Crippen MR) is 122 cm³/mol. The Balaban J connectivity index is 1.40. The van der Waals surface area contributed by atoms with Gasteiger partial charge in [-0.15, -0.1) is 11.3 Å². The molecule has 4 nitrogen and oxygen atoms in total. The summed E-state index contributed by atoms with van der Waals surface area (Å²) in [6.45, 7) is 2.17. The van der Waals surface area contributed by atoms with Gasteiger partial charge in [-0.2, -0.15) is 0 Å². The van der Waals surface area contributed by atoms with Crippen LogP contribution in [0.3, 0.4) is 0 Å². The lowest BCUT2D eigenvalue weighted by atomic mass is 9.74. The van der Waals surface area contributed by atoms with Crippen LogP contribution in [-0.2, 0) is 14.9 Å². The van der Waals surface area contributed by atoms with Gasteiger partial charge in [-0.05, 0) is 47.5 Å². The Bertz CT molecular complexity index is 955. The number of hydrogen-bond acceptors (Lipinski definition) is 4. The molecular formula is C25H27FN2O2S. The van der Waals surface area contributed by atoms with Crippen molar-refractivity contribution in [2.75, 3.05) is 26.3 Å². The number of nitrogens with one attached hydrogen (secondary N) is 2. The molecule has 2 heterocycles. The van der Waals surface area contributed by atoms with Gasteiger partial charge in [0.05, 0.1) is 12.6 Å². The highest BCUT2D eigenvalue weighted by Crippen LogP contribution is 2.34. The van der Waals surface area contributed by atoms with Gasteiger partial charge in [0.2, 0.25) is 5.91 Å². The molecule has 1 aliphatic rings. The first kappa shape index (κ1) is 21.7. The van der Waals surface area contributed by atoms with Gasteiger partial charge in [0.25, 0.3) is 0 Å². The Morgan fingerprint density at radius 1 is 1.03 bits per heavy atom. The van der Waals surface area contributed by atoms with E-state index in [2.05, 4.69) is 22.8 Å². The predicted octanol–water partition coefficient (Wildman–Crippen LogP) is 4.43. The molecule has 0 spiro atoms. The van der Waals surface area contributed by atoms with Gasteiger partial charge in [-0.1, -0.05) is 48.5 Å². The molecule has 1 aromatic heterocycles. The van der Waals surface area contributed by atoms with Crippen molar-refractivity contribution in [2.45, 2.75) is 24.3 Å². The van der Waals surface area contributed by atoms with Gasteiger partial charge in [0.15, 0.2) is 0 Å². The quantitative estimate of drug-likeness (QED) is 0.547. The Morgan fingerprint density at radius 2 is 1.77 bits per heavy atom. The maximum absolute atomic E-state index is 13.4. The van der Waals surface area contributed by atoms with Crippen LogP contribution in [-0.4, -0.2) is 32.2 Å². The molecule has 0 bridgehead atoms. The third kappa shape index (κ3) is 5.39. The second-order valence-corrected chi connectivity index (χ2v) is 8.90. The molecule has 0 unspecified atom stereocenters. The third-order valence-corrected chi connectivity index (χ3v) is 6.89. The van der Waals surface area contributed by atoms with Crippen LogP contribution in [0.4, 0.5) is 4.39 Å². The average Bonchev–Trinajstić information content (AvgIpc) is 3.35. The topological polar surface area (TPSA) is 50.4 Å². The molecule has 2 aromatic carbocycles. The van der Waals surface area contributed by atoms with Crippen molar-refractivity contribution in [3.8, 4) is 0 Å². The molecule has 4 rings (SSSR count). The lowest BCUT2D eigenvalue weighted by Crippen LogP contribution is -2.46. The van der Waals surface area contributed by atoms with E-state index in [-0.39, 0.29) is 29.7 Å². The molecule has 0 aliphatic carbocycles. The van der Waals surface area contributed by atoms with E-state index in [0.29, 0.717) is 19.8 Å². The van der Waals surface area contributed by atoms with Gasteiger partial charge in [-0.3, -0.25) is 10.1 Å². The second-order valence-electron chi connectivity index (χ2n) is 7.92. The van der Waals surface area contributed by atoms with Gasteiger partial charge < -0.3 is 10.1 Å². The number of halogens is 1. The molecular weight excluding hydrogens is 411 g/mol. The molecule has 3 aromatic rings. The molecule has 31 heavy (non-hydrogen) atoms. The fraction of sp³-hybridized carbons (Fsp3) is 0.320. The highest BCUT2D eigenvalue weighted by Gasteiger charge is 2.34. The summed E-state index contributed by atoms with van der Waals surface area (Å²) in [5.74, 6) is -0.320. The molecule has 0 saturated carbocycles. The fourth-order valence-electron chi connectivity index (χ4n) is 4.14. The Labute approximate surface area is 186 Å². The van der Waals surface area contributed by atoms with E-state index in [0.717, 1.165) is 23.3 Å². The largest absolute Gasteiger partial charge is 0.381 e. The number of hydrogen-bond donors (Lipinski definition) is 2. The van der Waals surface area contributed by atoms with Gasteiger partial charge >= 0.3 is 0 Å². The molecule has 1 amide bonds. The first-order chi connectivity index (χ1) is 15.2. The number of amides is 1. The summed E-state index contributed by atoms with van der Waals surface area (Å²) >= 11 is 1.61. The summed E-state index contributed by atoms with van der Waals surface area (Å²) in [7, 11) is 0. The van der Waals surface area contributed by atoms with E-state index in [1.165, 1.54) is 17.7 Å². The highest BCUT2D eigenvalue weighted by atomic mass is 32.1. The highest BCUT2D eigenvalue weighted by molar-refractivity contribution is 7.10. The molecule has 1 atom stereocenters. The normalized spacial score (nSPS) is 16.5. The zero-order valence-electron chi connectivity index (χ0n) is 17.4. The van der Waals surface area contributed by atoms with Crippen molar-refractivity contribution in [3.05, 3.63) is 93.9 Å². The van der Waals surface area contributed by atoms with E-state index >= 15 is 0 Å². The molecule has 162 valence electrons. The maximum atomic E-state index is 13.4. The number of ether oxygens (including phenoxy) is 1. The summed E-state index contributed by atoms with van der Waals surface area (Å²) in [4.78, 5) is 13.8. The summed E-state index contributed by atoms with van der Waals surface area (Å²) in [5.41, 5.74) is 2.08. The lowest BCUT2D eigenvalue weighted by Gasteiger charge is -2.38. The van der Waals surface area contributed by atoms with E-state index in [4.69, 9.17) is 4.74 Å². The van der Waals surface area contributed by atoms with Crippen molar-refractivity contribution in [1.82, 2.24) is 10.6 Å². The zero-order valence-corrected chi connectivity index (χ0v) is 18.2. The van der Waals surface area contributed by atoms with Gasteiger partial charge in [0.1, 0.15) is 5.82 Å². The van der Waals surface area contributed by atoms with E-state index < -0.39 is 0 Å². The van der Waals surface area contributed by atoms with Crippen LogP contribution in [0.5, 0.6) is 0 Å². The summed E-state index contributed by atoms with van der Waals surface area (Å²) < 4.78 is 18.9. The summed E-state index contributed by atoms with van der Waals surface area (Å²) in [6.07, 6.45) is 1.77. The molecule has 2 N–H and O–H groups in total. The van der Waals surface area contributed by atoms with Crippen molar-refractivity contribution in [3.63, 3.8) is 0 Å². The van der Waals surface area contributed by atoms with E-state index in [1.807, 2.05) is 35.7 Å². The van der Waals surface area contributed by atoms with Crippen molar-refractivity contribution < 1.29 is 13.9 Å². The zero-order chi connectivity index (χ0) is 21.5. The van der Waals surface area contributed by atoms with Crippen LogP contribution in [0.25, 0.3) is 0 Å². The molecule has 1 fully saturated rings. The average molecular weight is 439 g/mol. The SMILES string of the molecule is O=C(CN[C@H](c1ccc(F)cc1)c1cccs1)NCC1(c2ccccc2)CCOCC1. The standard InChI is InChI=1S/C25H27FN2O2S/c26-21-10-8-19(9-11-21)24(22-7-4-16-31-22)27-17-23(29)28-18-25(12-14-30-15-13-25)20-5-2-1-3-6-20/h1-11,16,24,27H,12-15,17-18H2,(H,28,29)/t24-/m1/s1. The molecule has 1 saturated heterocycles. The van der Waals surface area contributed by atoms with Crippen LogP contribution in [0.15, 0.2) is 72.1 Å².